The molecule has 0 aliphatic rings. The minimum Gasteiger partial charge on any atom is -0.377 e. The summed E-state index contributed by atoms with van der Waals surface area (Å²) in [4.78, 5) is 32.0. The van der Waals surface area contributed by atoms with Crippen molar-refractivity contribution in [2.24, 2.45) is 0 Å². The van der Waals surface area contributed by atoms with Crippen LogP contribution >= 0.6 is 0 Å². The SMILES string of the molecule is BN(C(C)=O)C(=O)OC(C)=O. The van der Waals surface area contributed by atoms with E-state index >= 15 is 0 Å². The van der Waals surface area contributed by atoms with Crippen LogP contribution in [0, 0.1) is 0 Å². The first-order valence-electron chi connectivity index (χ1n) is 2.92. The van der Waals surface area contributed by atoms with Crippen LogP contribution in [0.25, 0.3) is 0 Å². The van der Waals surface area contributed by atoms with Gasteiger partial charge >= 0.3 is 12.1 Å². The fraction of sp³-hybridized carbons (Fsp3) is 0.400. The Balaban J connectivity index is 4.04. The number of amides is 2. The normalized spacial score (nSPS) is 8.55. The van der Waals surface area contributed by atoms with Gasteiger partial charge in [0.2, 0.25) is 13.9 Å². The van der Waals surface area contributed by atoms with Crippen molar-refractivity contribution in [2.75, 3.05) is 0 Å². The molecule has 0 aliphatic heterocycles. The molecule has 0 N–H and O–H groups in total. The highest BCUT2D eigenvalue weighted by molar-refractivity contribution is 6.23. The predicted molar refractivity (Wildman–Crippen MR) is 38.2 cm³/mol. The summed E-state index contributed by atoms with van der Waals surface area (Å²) in [6.45, 7) is 2.28. The number of ether oxygens (including phenoxy) is 1. The molecule has 0 spiro atoms. The van der Waals surface area contributed by atoms with Gasteiger partial charge in [0.05, 0.1) is 0 Å². The Morgan fingerprint density at radius 2 is 1.73 bits per heavy atom. The fourth-order valence-electron chi connectivity index (χ4n) is 0.320. The average molecular weight is 157 g/mol. The second-order valence-electron chi connectivity index (χ2n) is 1.94. The summed E-state index contributed by atoms with van der Waals surface area (Å²) in [7, 11) is 1.23. The topological polar surface area (TPSA) is 63.7 Å². The van der Waals surface area contributed by atoms with Crippen LogP contribution in [0.5, 0.6) is 0 Å². The van der Waals surface area contributed by atoms with Gasteiger partial charge in [-0.1, -0.05) is 0 Å². The van der Waals surface area contributed by atoms with E-state index in [0.29, 0.717) is 4.81 Å². The number of hydrogen-bond acceptors (Lipinski definition) is 4. The van der Waals surface area contributed by atoms with E-state index in [1.54, 1.807) is 0 Å². The quantitative estimate of drug-likeness (QED) is 0.258. The molecule has 0 atom stereocenters. The van der Waals surface area contributed by atoms with Gasteiger partial charge < -0.3 is 9.55 Å². The zero-order chi connectivity index (χ0) is 9.02. The molecule has 0 aliphatic carbocycles. The minimum atomic E-state index is -0.954. The second-order valence-corrected chi connectivity index (χ2v) is 1.94. The van der Waals surface area contributed by atoms with Crippen LogP contribution in [0.3, 0.4) is 0 Å². The van der Waals surface area contributed by atoms with Crippen LogP contribution in [-0.4, -0.2) is 30.8 Å². The highest BCUT2D eigenvalue weighted by atomic mass is 16.6. The van der Waals surface area contributed by atoms with Crippen LogP contribution in [0.2, 0.25) is 0 Å². The summed E-state index contributed by atoms with van der Waals surface area (Å²) in [6, 6.07) is 0. The zero-order valence-electron chi connectivity index (χ0n) is 6.58. The molecule has 0 heterocycles. The van der Waals surface area contributed by atoms with Crippen molar-refractivity contribution >= 4 is 26.0 Å². The molecule has 0 aromatic rings. The molecule has 0 bridgehead atoms. The molecule has 0 radical (unpaired) electrons. The van der Waals surface area contributed by atoms with E-state index in [1.807, 2.05) is 0 Å². The maximum absolute atomic E-state index is 10.7. The lowest BCUT2D eigenvalue weighted by Gasteiger charge is -2.10. The van der Waals surface area contributed by atoms with Gasteiger partial charge in [0.15, 0.2) is 0 Å². The molecule has 0 saturated heterocycles. The van der Waals surface area contributed by atoms with E-state index in [1.165, 1.54) is 14.9 Å². The van der Waals surface area contributed by atoms with Crippen molar-refractivity contribution in [1.29, 1.82) is 0 Å². The number of nitrogens with zero attached hydrogens (tertiary/aromatic N) is 1. The maximum Gasteiger partial charge on any atom is 0.411 e. The van der Waals surface area contributed by atoms with Crippen LogP contribution in [-0.2, 0) is 14.3 Å². The van der Waals surface area contributed by atoms with Gasteiger partial charge in [0.1, 0.15) is 0 Å². The summed E-state index contributed by atoms with van der Waals surface area (Å²) in [5.41, 5.74) is 0. The molecule has 60 valence electrons. The van der Waals surface area contributed by atoms with Crippen molar-refractivity contribution in [3.63, 3.8) is 0 Å². The molecular formula is C5H8BNO4. The summed E-state index contributed by atoms with van der Waals surface area (Å²) in [5.74, 6) is -1.21. The van der Waals surface area contributed by atoms with Gasteiger partial charge in [0, 0.05) is 13.8 Å². The Morgan fingerprint density at radius 3 is 2.00 bits per heavy atom. The van der Waals surface area contributed by atoms with Crippen molar-refractivity contribution in [1.82, 2.24) is 4.81 Å². The maximum atomic E-state index is 10.7. The van der Waals surface area contributed by atoms with Gasteiger partial charge in [-0.25, -0.2) is 4.79 Å². The van der Waals surface area contributed by atoms with Crippen LogP contribution in [0.1, 0.15) is 13.8 Å². The molecule has 6 heteroatoms. The van der Waals surface area contributed by atoms with E-state index in [2.05, 4.69) is 4.74 Å². The van der Waals surface area contributed by atoms with Crippen molar-refractivity contribution in [2.45, 2.75) is 13.8 Å². The third kappa shape index (κ3) is 3.39. The van der Waals surface area contributed by atoms with Crippen molar-refractivity contribution < 1.29 is 19.1 Å². The highest BCUT2D eigenvalue weighted by Crippen LogP contribution is 1.89. The van der Waals surface area contributed by atoms with Gasteiger partial charge in [-0.15, -0.1) is 0 Å². The zero-order valence-corrected chi connectivity index (χ0v) is 6.58. The van der Waals surface area contributed by atoms with Crippen molar-refractivity contribution in [3.8, 4) is 0 Å². The van der Waals surface area contributed by atoms with Gasteiger partial charge in [-0.2, -0.15) is 0 Å². The third-order valence-corrected chi connectivity index (χ3v) is 0.977. The highest BCUT2D eigenvalue weighted by Gasteiger charge is 2.14. The monoisotopic (exact) mass is 157 g/mol. The van der Waals surface area contributed by atoms with Crippen LogP contribution < -0.4 is 0 Å². The molecule has 0 unspecified atom stereocenters. The average Bonchev–Trinajstić information content (AvgIpc) is 1.84. The lowest BCUT2D eigenvalue weighted by atomic mass is 10.3. The van der Waals surface area contributed by atoms with Crippen LogP contribution in [0.15, 0.2) is 0 Å². The molecule has 0 aromatic heterocycles. The fourth-order valence-corrected chi connectivity index (χ4v) is 0.320. The first-order valence-corrected chi connectivity index (χ1v) is 2.92. The Morgan fingerprint density at radius 1 is 1.27 bits per heavy atom. The molecule has 11 heavy (non-hydrogen) atoms. The number of hydrogen-bond donors (Lipinski definition) is 0. The lowest BCUT2D eigenvalue weighted by molar-refractivity contribution is -0.136. The Labute approximate surface area is 64.7 Å². The predicted octanol–water partition coefficient (Wildman–Crippen LogP) is -0.934. The minimum absolute atomic E-state index is 0.476. The summed E-state index contributed by atoms with van der Waals surface area (Å²) in [5, 5.41) is 0. The van der Waals surface area contributed by atoms with Crippen LogP contribution in [0.4, 0.5) is 4.79 Å². The van der Waals surface area contributed by atoms with Gasteiger partial charge in [-0.3, -0.25) is 9.59 Å². The first-order chi connectivity index (χ1) is 4.95. The van der Waals surface area contributed by atoms with Gasteiger partial charge in [0.25, 0.3) is 0 Å². The molecule has 0 rings (SSSR count). The van der Waals surface area contributed by atoms with Gasteiger partial charge in [-0.05, 0) is 0 Å². The number of imide groups is 1. The van der Waals surface area contributed by atoms with E-state index < -0.39 is 18.0 Å². The molecule has 0 aromatic carbocycles. The number of carbonyl (C=O) groups is 3. The first kappa shape index (κ1) is 9.67. The molecule has 5 nitrogen and oxygen atoms in total. The third-order valence-electron chi connectivity index (χ3n) is 0.977. The summed E-state index contributed by atoms with van der Waals surface area (Å²) < 4.78 is 4.10. The van der Waals surface area contributed by atoms with E-state index in [4.69, 9.17) is 0 Å². The molecular weight excluding hydrogens is 149 g/mol. The Hall–Kier alpha value is -1.33. The number of rotatable bonds is 0. The Kier molecular flexibility index (Phi) is 3.30. The standard InChI is InChI=1S/C5H8BNO4/c1-3(8)7(6)5(10)11-4(2)9/h6H2,1-2H3. The van der Waals surface area contributed by atoms with E-state index in [0.717, 1.165) is 6.92 Å². The number of carbonyl (C=O) groups excluding carboxylic acids is 3. The Bertz CT molecular complexity index is 203. The second kappa shape index (κ2) is 3.75. The van der Waals surface area contributed by atoms with Crippen molar-refractivity contribution in [3.05, 3.63) is 0 Å². The lowest BCUT2D eigenvalue weighted by Crippen LogP contribution is -2.34. The molecule has 2 amide bonds. The smallest absolute Gasteiger partial charge is 0.377 e. The summed E-state index contributed by atoms with van der Waals surface area (Å²) in [6.07, 6.45) is -0.954. The van der Waals surface area contributed by atoms with E-state index in [9.17, 15) is 14.4 Å². The molecule has 0 saturated carbocycles. The molecule has 0 fully saturated rings. The largest absolute Gasteiger partial charge is 0.411 e. The summed E-state index contributed by atoms with van der Waals surface area (Å²) >= 11 is 0. The van der Waals surface area contributed by atoms with E-state index in [-0.39, 0.29) is 0 Å². The number of esters is 1.